The molecule has 0 aromatic carbocycles. The highest BCUT2D eigenvalue weighted by Gasteiger charge is 2.46. The normalized spacial score (nSPS) is 19.7. The van der Waals surface area contributed by atoms with Crippen molar-refractivity contribution in [3.63, 3.8) is 0 Å². The van der Waals surface area contributed by atoms with E-state index in [1.165, 1.54) is 83.1 Å². The quantitative estimate of drug-likeness (QED) is 0.0116. The van der Waals surface area contributed by atoms with Crippen LogP contribution < -0.4 is 11.4 Å². The third-order valence-electron chi connectivity index (χ3n) is 12.1. The van der Waals surface area contributed by atoms with Gasteiger partial charge in [0.1, 0.15) is 30.7 Å². The molecule has 0 aliphatic carbocycles. The molecule has 1 aliphatic heterocycles. The van der Waals surface area contributed by atoms with Gasteiger partial charge in [0.25, 0.3) is 0 Å². The standard InChI is InChI=1S/C54H91N3O16P2/c1-4-5-6-7-8-9-10-15-19-22-25-28-31-35-45(58)36-33-38-49(59)68-41-46(71-50(60)37-32-29-26-23-20-17-14-12-11-13-16-18-21-24-27-30-34-44(2)3)42-69-74(64,65)73-75(66,67)70-43-47-51(61)52(62)53(72-47)57-40-39-48(55)56-54(57)63/h5-6,8-9,15,19,25,28,31,35,39-40,44-47,51-53,58,61-62H,4,7,10-14,16-18,20-24,26-27,29-30,32-34,36-38,41-43H2,1-3H3,(H,64,65)(H,66,67)(H2,55,56,63)/b6-5-,9-8-,19-15-,28-25-,35-31+/t45?,46-,47-,51-,52-,53-/m1/s1. The Kier molecular flexibility index (Phi) is 36.6. The van der Waals surface area contributed by atoms with Crippen molar-refractivity contribution in [3.05, 3.63) is 83.5 Å². The SMILES string of the molecule is CC/C=C\C/C=C\C/C=C\C/C=C\C=C\C(O)CCCC(=O)OC[C@H](COP(=O)(O)OP(=O)(O)OC[C@H]1O[C@@H](n2ccc(N)nc2=O)[C@H](O)[C@@H]1O)OC(=O)CCCCCCCCCCCCCCCCCCC(C)C. The molecule has 428 valence electrons. The Morgan fingerprint density at radius 1 is 0.720 bits per heavy atom. The number of aliphatic hydroxyl groups is 3. The zero-order valence-electron chi connectivity index (χ0n) is 44.9. The van der Waals surface area contributed by atoms with E-state index in [9.17, 15) is 48.6 Å². The van der Waals surface area contributed by atoms with E-state index >= 15 is 0 Å². The fourth-order valence-corrected chi connectivity index (χ4v) is 10.0. The van der Waals surface area contributed by atoms with Crippen molar-refractivity contribution in [2.45, 2.75) is 218 Å². The number of carbonyl (C=O) groups excluding carboxylic acids is 2. The fraction of sp³-hybridized carbons (Fsp3) is 0.704. The van der Waals surface area contributed by atoms with Crippen molar-refractivity contribution >= 4 is 33.4 Å². The van der Waals surface area contributed by atoms with Crippen LogP contribution in [-0.4, -0.2) is 96.9 Å². The summed E-state index contributed by atoms with van der Waals surface area (Å²) in [5.41, 5.74) is 4.58. The maximum Gasteiger partial charge on any atom is 0.481 e. The Balaban J connectivity index is 1.82. The maximum absolute atomic E-state index is 12.9. The Labute approximate surface area is 445 Å². The van der Waals surface area contributed by atoms with Gasteiger partial charge in [0.2, 0.25) is 0 Å². The number of aliphatic hydroxyl groups excluding tert-OH is 3. The number of hydrogen-bond donors (Lipinski definition) is 6. The van der Waals surface area contributed by atoms with Gasteiger partial charge in [-0.15, -0.1) is 0 Å². The van der Waals surface area contributed by atoms with Gasteiger partial charge in [-0.1, -0.05) is 184 Å². The van der Waals surface area contributed by atoms with Crippen LogP contribution in [0.2, 0.25) is 0 Å². The van der Waals surface area contributed by atoms with Gasteiger partial charge in [-0.25, -0.2) is 13.9 Å². The van der Waals surface area contributed by atoms with Gasteiger partial charge in [-0.05, 0) is 56.9 Å². The summed E-state index contributed by atoms with van der Waals surface area (Å²) in [6.07, 6.45) is 36.1. The first-order valence-corrected chi connectivity index (χ1v) is 30.3. The number of esters is 2. The minimum absolute atomic E-state index is 0.00972. The summed E-state index contributed by atoms with van der Waals surface area (Å²) < 4.78 is 56.7. The summed E-state index contributed by atoms with van der Waals surface area (Å²) in [6.45, 7) is 4.20. The Morgan fingerprint density at radius 2 is 1.25 bits per heavy atom. The minimum Gasteiger partial charge on any atom is -0.462 e. The highest BCUT2D eigenvalue weighted by Crippen LogP contribution is 2.60. The molecule has 1 saturated heterocycles. The predicted octanol–water partition coefficient (Wildman–Crippen LogP) is 10.7. The van der Waals surface area contributed by atoms with Crippen LogP contribution in [0.15, 0.2) is 77.8 Å². The van der Waals surface area contributed by atoms with Crippen molar-refractivity contribution in [1.29, 1.82) is 0 Å². The maximum atomic E-state index is 12.9. The molecular weight excluding hydrogens is 1010 g/mol. The fourth-order valence-electron chi connectivity index (χ4n) is 7.94. The van der Waals surface area contributed by atoms with E-state index in [0.717, 1.165) is 68.0 Å². The lowest BCUT2D eigenvalue weighted by Crippen LogP contribution is -2.36. The van der Waals surface area contributed by atoms with E-state index in [1.807, 2.05) is 12.2 Å². The third kappa shape index (κ3) is 34.0. The van der Waals surface area contributed by atoms with Gasteiger partial charge in [0, 0.05) is 19.0 Å². The molecule has 0 bridgehead atoms. The molecule has 0 radical (unpaired) electrons. The van der Waals surface area contributed by atoms with Crippen LogP contribution in [0.25, 0.3) is 0 Å². The lowest BCUT2D eigenvalue weighted by Gasteiger charge is -2.21. The lowest BCUT2D eigenvalue weighted by molar-refractivity contribution is -0.161. The van der Waals surface area contributed by atoms with Gasteiger partial charge < -0.3 is 45.1 Å². The lowest BCUT2D eigenvalue weighted by atomic mass is 10.0. The molecule has 1 aromatic rings. The molecule has 19 nitrogen and oxygen atoms in total. The smallest absolute Gasteiger partial charge is 0.462 e. The largest absolute Gasteiger partial charge is 0.481 e. The number of allylic oxidation sites excluding steroid dienone is 9. The van der Waals surface area contributed by atoms with E-state index in [1.54, 1.807) is 12.2 Å². The predicted molar refractivity (Wildman–Crippen MR) is 290 cm³/mol. The van der Waals surface area contributed by atoms with Gasteiger partial charge in [-0.2, -0.15) is 9.29 Å². The second kappa shape index (κ2) is 40.6. The first kappa shape index (κ1) is 67.5. The summed E-state index contributed by atoms with van der Waals surface area (Å²) >= 11 is 0. The molecule has 2 rings (SSSR count). The number of aromatic nitrogens is 2. The molecule has 21 heteroatoms. The van der Waals surface area contributed by atoms with Crippen LogP contribution in [0.5, 0.6) is 0 Å². The number of anilines is 1. The summed E-state index contributed by atoms with van der Waals surface area (Å²) in [4.78, 5) is 62.1. The molecule has 7 N–H and O–H groups in total. The average molecular weight is 1100 g/mol. The molecule has 8 atom stereocenters. The van der Waals surface area contributed by atoms with E-state index < -0.39 is 89.8 Å². The number of nitrogen functional groups attached to an aromatic ring is 1. The number of unbranched alkanes of at least 4 members (excludes halogenated alkanes) is 15. The molecule has 75 heavy (non-hydrogen) atoms. The van der Waals surface area contributed by atoms with E-state index in [4.69, 9.17) is 29.0 Å². The van der Waals surface area contributed by atoms with Crippen LogP contribution in [0.4, 0.5) is 5.82 Å². The number of carbonyl (C=O) groups is 2. The van der Waals surface area contributed by atoms with Crippen molar-refractivity contribution < 1.29 is 71.4 Å². The van der Waals surface area contributed by atoms with Crippen LogP contribution in [0.3, 0.4) is 0 Å². The van der Waals surface area contributed by atoms with Crippen LogP contribution in [-0.2, 0) is 46.3 Å². The first-order valence-electron chi connectivity index (χ1n) is 27.3. The number of rotatable bonds is 44. The number of phosphoric ester groups is 2. The van der Waals surface area contributed by atoms with E-state index in [0.29, 0.717) is 6.42 Å². The number of ether oxygens (including phenoxy) is 3. The molecule has 0 amide bonds. The minimum atomic E-state index is -5.47. The monoisotopic (exact) mass is 1100 g/mol. The van der Waals surface area contributed by atoms with Gasteiger partial charge in [-0.3, -0.25) is 23.2 Å². The Hall–Kier alpha value is -3.58. The van der Waals surface area contributed by atoms with Crippen molar-refractivity contribution in [2.75, 3.05) is 25.6 Å². The first-order chi connectivity index (χ1) is 35.9. The van der Waals surface area contributed by atoms with Crippen molar-refractivity contribution in [1.82, 2.24) is 9.55 Å². The molecule has 1 aromatic heterocycles. The highest BCUT2D eigenvalue weighted by atomic mass is 31.3. The van der Waals surface area contributed by atoms with Gasteiger partial charge >= 0.3 is 33.3 Å². The summed E-state index contributed by atoms with van der Waals surface area (Å²) in [6, 6.07) is 1.24. The number of hydrogen-bond acceptors (Lipinski definition) is 16. The molecule has 1 fully saturated rings. The number of nitrogens with zero attached hydrogens (tertiary/aromatic N) is 2. The highest BCUT2D eigenvalue weighted by molar-refractivity contribution is 7.61. The Bertz CT molecular complexity index is 2030. The molecule has 3 unspecified atom stereocenters. The molecule has 0 spiro atoms. The van der Waals surface area contributed by atoms with Crippen molar-refractivity contribution in [3.8, 4) is 0 Å². The summed E-state index contributed by atoms with van der Waals surface area (Å²) in [5, 5.41) is 31.3. The molecule has 2 heterocycles. The van der Waals surface area contributed by atoms with Gasteiger partial charge in [0.15, 0.2) is 12.3 Å². The number of nitrogens with two attached hydrogens (primary N) is 1. The second-order valence-corrected chi connectivity index (χ2v) is 22.4. The van der Waals surface area contributed by atoms with Crippen molar-refractivity contribution in [2.24, 2.45) is 5.92 Å². The van der Waals surface area contributed by atoms with E-state index in [-0.39, 0.29) is 31.5 Å². The topological polar surface area (TPSA) is 286 Å². The molecular formula is C54H91N3O16P2. The van der Waals surface area contributed by atoms with E-state index in [2.05, 4.69) is 66.5 Å². The molecule has 1 aliphatic rings. The van der Waals surface area contributed by atoms with Crippen LogP contribution in [0.1, 0.15) is 188 Å². The summed E-state index contributed by atoms with van der Waals surface area (Å²) in [5.74, 6) is -0.707. The average Bonchev–Trinajstić information content (AvgIpc) is 3.63. The van der Waals surface area contributed by atoms with Crippen LogP contribution in [0, 0.1) is 5.92 Å². The Morgan fingerprint density at radius 3 is 1.83 bits per heavy atom. The summed E-state index contributed by atoms with van der Waals surface area (Å²) in [7, 11) is -10.9. The van der Waals surface area contributed by atoms with Gasteiger partial charge in [0.05, 0.1) is 19.3 Å². The second-order valence-electron chi connectivity index (χ2n) is 19.4. The number of phosphoric acid groups is 2. The zero-order chi connectivity index (χ0) is 55.2. The third-order valence-corrected chi connectivity index (χ3v) is 14.8. The zero-order valence-corrected chi connectivity index (χ0v) is 46.7. The van der Waals surface area contributed by atoms with Crippen LogP contribution >= 0.6 is 15.6 Å². The molecule has 0 saturated carbocycles.